The first-order chi connectivity index (χ1) is 15.1. The Morgan fingerprint density at radius 3 is 2.71 bits per heavy atom. The van der Waals surface area contributed by atoms with Gasteiger partial charge in [-0.25, -0.2) is 4.98 Å². The summed E-state index contributed by atoms with van der Waals surface area (Å²) in [4.78, 5) is 36.7. The van der Waals surface area contributed by atoms with Gasteiger partial charge in [0.15, 0.2) is 5.13 Å². The summed E-state index contributed by atoms with van der Waals surface area (Å²) in [5.74, 6) is 0.607. The van der Waals surface area contributed by atoms with E-state index in [0.29, 0.717) is 23.1 Å². The molecule has 3 heterocycles. The van der Waals surface area contributed by atoms with Crippen LogP contribution < -0.4 is 10.1 Å². The Hall–Kier alpha value is -2.65. The molecule has 166 valence electrons. The minimum atomic E-state index is -0.381. The van der Waals surface area contributed by atoms with Crippen LogP contribution in [0.25, 0.3) is 0 Å². The fraction of sp³-hybridized carbons (Fsp3) is 0.500. The van der Waals surface area contributed by atoms with Crippen LogP contribution in [0.2, 0.25) is 0 Å². The maximum Gasteiger partial charge on any atom is 0.274 e. The van der Waals surface area contributed by atoms with Crippen LogP contribution in [0.3, 0.4) is 0 Å². The van der Waals surface area contributed by atoms with Gasteiger partial charge < -0.3 is 24.8 Å². The number of ether oxygens (including phenoxy) is 1. The SMILES string of the molecule is CCN1CCN(C(=O)C2CCCN2C(=O)c2csc(Nc3ccccc3OC)n2)CC1. The van der Waals surface area contributed by atoms with E-state index in [9.17, 15) is 9.59 Å². The molecule has 2 fully saturated rings. The molecule has 9 heteroatoms. The van der Waals surface area contributed by atoms with Gasteiger partial charge in [0, 0.05) is 38.1 Å². The molecule has 2 aromatic rings. The van der Waals surface area contributed by atoms with E-state index in [2.05, 4.69) is 22.1 Å². The number of anilines is 2. The highest BCUT2D eigenvalue weighted by atomic mass is 32.1. The monoisotopic (exact) mass is 443 g/mol. The van der Waals surface area contributed by atoms with Crippen LogP contribution in [0.5, 0.6) is 5.75 Å². The minimum Gasteiger partial charge on any atom is -0.495 e. The molecular formula is C22H29N5O3S. The summed E-state index contributed by atoms with van der Waals surface area (Å²) in [5.41, 5.74) is 1.16. The average molecular weight is 444 g/mol. The van der Waals surface area contributed by atoms with E-state index in [1.54, 1.807) is 17.4 Å². The van der Waals surface area contributed by atoms with Crippen molar-refractivity contribution < 1.29 is 14.3 Å². The normalized spacial score (nSPS) is 19.5. The predicted octanol–water partition coefficient (Wildman–Crippen LogP) is 2.66. The number of methoxy groups -OCH3 is 1. The smallest absolute Gasteiger partial charge is 0.274 e. The number of thiazole rings is 1. The van der Waals surface area contributed by atoms with Crippen LogP contribution in [0, 0.1) is 0 Å². The van der Waals surface area contributed by atoms with Gasteiger partial charge in [0.25, 0.3) is 5.91 Å². The topological polar surface area (TPSA) is 78.0 Å². The Balaban J connectivity index is 1.42. The number of likely N-dealkylation sites (tertiary alicyclic amines) is 1. The van der Waals surface area contributed by atoms with E-state index < -0.39 is 0 Å². The largest absolute Gasteiger partial charge is 0.495 e. The number of hydrogen-bond acceptors (Lipinski definition) is 7. The summed E-state index contributed by atoms with van der Waals surface area (Å²) >= 11 is 1.36. The zero-order valence-corrected chi connectivity index (χ0v) is 18.9. The van der Waals surface area contributed by atoms with Gasteiger partial charge >= 0.3 is 0 Å². The van der Waals surface area contributed by atoms with E-state index in [4.69, 9.17) is 4.74 Å². The van der Waals surface area contributed by atoms with Gasteiger partial charge in [-0.3, -0.25) is 9.59 Å². The maximum absolute atomic E-state index is 13.2. The van der Waals surface area contributed by atoms with Gasteiger partial charge in [-0.05, 0) is 31.5 Å². The van der Waals surface area contributed by atoms with E-state index in [-0.39, 0.29) is 17.9 Å². The van der Waals surface area contributed by atoms with Crippen LogP contribution in [-0.4, -0.2) is 83.9 Å². The van der Waals surface area contributed by atoms with Gasteiger partial charge in [-0.2, -0.15) is 0 Å². The summed E-state index contributed by atoms with van der Waals surface area (Å²) in [6.07, 6.45) is 1.56. The number of carbonyl (C=O) groups is 2. The number of nitrogens with zero attached hydrogens (tertiary/aromatic N) is 4. The molecule has 8 nitrogen and oxygen atoms in total. The lowest BCUT2D eigenvalue weighted by Crippen LogP contribution is -2.54. The molecule has 1 aromatic heterocycles. The molecule has 1 unspecified atom stereocenters. The van der Waals surface area contributed by atoms with Gasteiger partial charge in [0.2, 0.25) is 5.91 Å². The Morgan fingerprint density at radius 2 is 1.97 bits per heavy atom. The van der Waals surface area contributed by atoms with Crippen molar-refractivity contribution in [2.75, 3.05) is 51.7 Å². The zero-order valence-electron chi connectivity index (χ0n) is 18.0. The van der Waals surface area contributed by atoms with Crippen LogP contribution in [0.4, 0.5) is 10.8 Å². The first-order valence-electron chi connectivity index (χ1n) is 10.8. The summed E-state index contributed by atoms with van der Waals surface area (Å²) < 4.78 is 5.36. The molecule has 2 saturated heterocycles. The van der Waals surface area contributed by atoms with Crippen LogP contribution in [0.15, 0.2) is 29.6 Å². The number of likely N-dealkylation sites (N-methyl/N-ethyl adjacent to an activating group) is 1. The summed E-state index contributed by atoms with van der Waals surface area (Å²) in [6, 6.07) is 7.18. The first kappa shape index (κ1) is 21.6. The first-order valence-corrected chi connectivity index (χ1v) is 11.7. The van der Waals surface area contributed by atoms with Gasteiger partial charge in [0.1, 0.15) is 17.5 Å². The summed E-state index contributed by atoms with van der Waals surface area (Å²) in [6.45, 7) is 6.99. The van der Waals surface area contributed by atoms with Crippen molar-refractivity contribution in [1.82, 2.24) is 19.7 Å². The third kappa shape index (κ3) is 4.67. The molecule has 0 radical (unpaired) electrons. The minimum absolute atomic E-state index is 0.0733. The van der Waals surface area contributed by atoms with Gasteiger partial charge in [0.05, 0.1) is 12.8 Å². The second-order valence-electron chi connectivity index (χ2n) is 7.78. The highest BCUT2D eigenvalue weighted by molar-refractivity contribution is 7.14. The quantitative estimate of drug-likeness (QED) is 0.740. The number of carbonyl (C=O) groups excluding carboxylic acids is 2. The third-order valence-electron chi connectivity index (χ3n) is 6.00. The highest BCUT2D eigenvalue weighted by Gasteiger charge is 2.38. The number of piperazine rings is 1. The van der Waals surface area contributed by atoms with E-state index >= 15 is 0 Å². The van der Waals surface area contributed by atoms with Gasteiger partial charge in [-0.15, -0.1) is 11.3 Å². The molecule has 0 spiro atoms. The Morgan fingerprint density at radius 1 is 1.19 bits per heavy atom. The average Bonchev–Trinajstić information content (AvgIpc) is 3.48. The van der Waals surface area contributed by atoms with Crippen molar-refractivity contribution in [3.63, 3.8) is 0 Å². The van der Waals surface area contributed by atoms with Crippen molar-refractivity contribution in [3.05, 3.63) is 35.3 Å². The van der Waals surface area contributed by atoms with Crippen molar-refractivity contribution in [2.24, 2.45) is 0 Å². The van der Waals surface area contributed by atoms with Crippen LogP contribution in [-0.2, 0) is 4.79 Å². The highest BCUT2D eigenvalue weighted by Crippen LogP contribution is 2.30. The second kappa shape index (κ2) is 9.65. The molecule has 4 rings (SSSR count). The van der Waals surface area contributed by atoms with Crippen molar-refractivity contribution in [1.29, 1.82) is 0 Å². The molecule has 0 aliphatic carbocycles. The van der Waals surface area contributed by atoms with Crippen molar-refractivity contribution in [3.8, 4) is 5.75 Å². The lowest BCUT2D eigenvalue weighted by atomic mass is 10.1. The van der Waals surface area contributed by atoms with E-state index in [1.807, 2.05) is 29.2 Å². The van der Waals surface area contributed by atoms with Crippen LogP contribution in [0.1, 0.15) is 30.3 Å². The molecule has 2 aliphatic rings. The molecule has 0 saturated carbocycles. The van der Waals surface area contributed by atoms with Crippen LogP contribution >= 0.6 is 11.3 Å². The zero-order chi connectivity index (χ0) is 21.8. The number of para-hydroxylation sites is 2. The summed E-state index contributed by atoms with van der Waals surface area (Å²) in [7, 11) is 1.62. The molecule has 2 amide bonds. The Labute approximate surface area is 186 Å². The van der Waals surface area contributed by atoms with Crippen molar-refractivity contribution in [2.45, 2.75) is 25.8 Å². The molecule has 31 heavy (non-hydrogen) atoms. The number of aromatic nitrogens is 1. The molecule has 1 N–H and O–H groups in total. The number of hydrogen-bond donors (Lipinski definition) is 1. The lowest BCUT2D eigenvalue weighted by Gasteiger charge is -2.36. The third-order valence-corrected chi connectivity index (χ3v) is 6.76. The molecule has 0 bridgehead atoms. The van der Waals surface area contributed by atoms with E-state index in [1.165, 1.54) is 11.3 Å². The fourth-order valence-corrected chi connectivity index (χ4v) is 4.90. The Bertz CT molecular complexity index is 925. The maximum atomic E-state index is 13.2. The fourth-order valence-electron chi connectivity index (χ4n) is 4.20. The Kier molecular flexibility index (Phi) is 6.72. The van der Waals surface area contributed by atoms with Gasteiger partial charge in [-0.1, -0.05) is 19.1 Å². The lowest BCUT2D eigenvalue weighted by molar-refractivity contribution is -0.137. The second-order valence-corrected chi connectivity index (χ2v) is 8.64. The number of amides is 2. The standard InChI is InChI=1S/C22H29N5O3S/c1-3-25-11-13-26(14-12-25)21(29)18-8-6-10-27(18)20(28)17-15-31-22(24-17)23-16-7-4-5-9-19(16)30-2/h4-5,7,9,15,18H,3,6,8,10-14H2,1-2H3,(H,23,24). The molecule has 2 aliphatic heterocycles. The molecule has 1 atom stereocenters. The molecule has 1 aromatic carbocycles. The van der Waals surface area contributed by atoms with E-state index in [0.717, 1.165) is 51.3 Å². The predicted molar refractivity (Wildman–Crippen MR) is 121 cm³/mol. The number of rotatable bonds is 6. The summed E-state index contributed by atoms with van der Waals surface area (Å²) in [5, 5.41) is 5.58. The molecular weight excluding hydrogens is 414 g/mol. The number of nitrogens with one attached hydrogen (secondary N) is 1. The van der Waals surface area contributed by atoms with Crippen molar-refractivity contribution >= 4 is 34.0 Å². The number of benzene rings is 1.